The van der Waals surface area contributed by atoms with Gasteiger partial charge in [0.05, 0.1) is 12.6 Å². The number of nitrogens with zero attached hydrogens (tertiary/aromatic N) is 1. The summed E-state index contributed by atoms with van der Waals surface area (Å²) in [6, 6.07) is 8.88. The van der Waals surface area contributed by atoms with Gasteiger partial charge in [0.15, 0.2) is 5.96 Å². The van der Waals surface area contributed by atoms with Gasteiger partial charge in [-0.1, -0.05) is 41.9 Å². The molecule has 2 rings (SSSR count). The zero-order valence-corrected chi connectivity index (χ0v) is 16.6. The molecule has 1 aliphatic rings. The minimum Gasteiger partial charge on any atom is -0.393 e. The number of nitrogens with one attached hydrogen (secondary N) is 2. The Morgan fingerprint density at radius 2 is 1.83 bits per heavy atom. The average Bonchev–Trinajstić information content (AvgIpc) is 2.55. The summed E-state index contributed by atoms with van der Waals surface area (Å²) in [6.07, 6.45) is 3.63. The van der Waals surface area contributed by atoms with Crippen molar-refractivity contribution in [1.29, 1.82) is 0 Å². The Labute approximate surface area is 154 Å². The second-order valence-electron chi connectivity index (χ2n) is 7.24. The molecule has 5 heteroatoms. The van der Waals surface area contributed by atoms with Crippen LogP contribution in [0, 0.1) is 0 Å². The molecule has 0 atom stereocenters. The fourth-order valence-electron chi connectivity index (χ4n) is 3.00. The van der Waals surface area contributed by atoms with E-state index in [0.717, 1.165) is 49.2 Å². The van der Waals surface area contributed by atoms with Gasteiger partial charge in [0.2, 0.25) is 0 Å². The van der Waals surface area contributed by atoms with Crippen molar-refractivity contribution < 1.29 is 5.11 Å². The van der Waals surface area contributed by atoms with Gasteiger partial charge < -0.3 is 15.7 Å². The van der Waals surface area contributed by atoms with Crippen LogP contribution in [0.1, 0.15) is 52.0 Å². The predicted octanol–water partition coefficient (Wildman–Crippen LogP) is 3.59. The molecule has 0 amide bonds. The van der Waals surface area contributed by atoms with Crippen molar-refractivity contribution in [1.82, 2.24) is 10.6 Å². The van der Waals surface area contributed by atoms with E-state index in [1.54, 1.807) is 0 Å². The van der Waals surface area contributed by atoms with Gasteiger partial charge in [-0.25, -0.2) is 0 Å². The largest absolute Gasteiger partial charge is 0.393 e. The van der Waals surface area contributed by atoms with Crippen LogP contribution in [0.4, 0.5) is 0 Å². The molecule has 0 radical (unpaired) electrons. The van der Waals surface area contributed by atoms with Gasteiger partial charge in [-0.05, 0) is 50.3 Å². The van der Waals surface area contributed by atoms with Gasteiger partial charge in [-0.2, -0.15) is 0 Å². The first-order valence-corrected chi connectivity index (χ1v) is 9.69. The molecule has 1 fully saturated rings. The number of aliphatic hydroxyl groups excluding tert-OH is 1. The van der Waals surface area contributed by atoms with Crippen LogP contribution in [-0.2, 0) is 5.41 Å². The molecule has 134 valence electrons. The molecule has 0 unspecified atom stereocenters. The minimum atomic E-state index is -0.126. The summed E-state index contributed by atoms with van der Waals surface area (Å²) in [6.45, 7) is 8.10. The van der Waals surface area contributed by atoms with Crippen molar-refractivity contribution in [3.05, 3.63) is 34.3 Å². The molecule has 1 saturated carbocycles. The van der Waals surface area contributed by atoms with Crippen LogP contribution in [0.3, 0.4) is 0 Å². The molecular formula is C19H30BrN3O. The third kappa shape index (κ3) is 5.78. The molecule has 1 aromatic carbocycles. The van der Waals surface area contributed by atoms with Crippen LogP contribution in [0.5, 0.6) is 0 Å². The SMILES string of the molecule is CCNC(=NCC(C)(C)c1ccc(Br)cc1)NC1CCC(O)CC1. The Balaban J connectivity index is 1.99. The summed E-state index contributed by atoms with van der Waals surface area (Å²) in [5, 5.41) is 16.5. The number of hydrogen-bond acceptors (Lipinski definition) is 2. The van der Waals surface area contributed by atoms with Gasteiger partial charge in [0.25, 0.3) is 0 Å². The standard InChI is InChI=1S/C19H30BrN3O/c1-4-21-18(23-16-9-11-17(24)12-10-16)22-13-19(2,3)14-5-7-15(20)8-6-14/h5-8,16-17,24H,4,9-13H2,1-3H3,(H2,21,22,23). The Morgan fingerprint density at radius 3 is 2.42 bits per heavy atom. The predicted molar refractivity (Wildman–Crippen MR) is 105 cm³/mol. The molecule has 1 aromatic rings. The van der Waals surface area contributed by atoms with Crippen molar-refractivity contribution in [3.63, 3.8) is 0 Å². The average molecular weight is 396 g/mol. The normalized spacial score (nSPS) is 22.3. The lowest BCUT2D eigenvalue weighted by Gasteiger charge is -2.28. The van der Waals surface area contributed by atoms with E-state index in [-0.39, 0.29) is 11.5 Å². The smallest absolute Gasteiger partial charge is 0.191 e. The Morgan fingerprint density at radius 1 is 1.21 bits per heavy atom. The van der Waals surface area contributed by atoms with E-state index in [4.69, 9.17) is 4.99 Å². The molecule has 24 heavy (non-hydrogen) atoms. The number of halogens is 1. The van der Waals surface area contributed by atoms with E-state index in [1.165, 1.54) is 5.56 Å². The zero-order chi connectivity index (χ0) is 17.6. The third-order valence-corrected chi connectivity index (χ3v) is 5.17. The van der Waals surface area contributed by atoms with Crippen LogP contribution < -0.4 is 10.6 Å². The highest BCUT2D eigenvalue weighted by Crippen LogP contribution is 2.25. The van der Waals surface area contributed by atoms with Crippen LogP contribution in [-0.4, -0.2) is 36.3 Å². The van der Waals surface area contributed by atoms with E-state index in [0.29, 0.717) is 6.04 Å². The van der Waals surface area contributed by atoms with Crippen LogP contribution in [0.25, 0.3) is 0 Å². The summed E-state index contributed by atoms with van der Waals surface area (Å²) >= 11 is 3.49. The van der Waals surface area contributed by atoms with Gasteiger partial charge in [-0.15, -0.1) is 0 Å². The highest BCUT2D eigenvalue weighted by molar-refractivity contribution is 9.10. The van der Waals surface area contributed by atoms with Crippen LogP contribution in [0.2, 0.25) is 0 Å². The Kier molecular flexibility index (Phi) is 7.11. The van der Waals surface area contributed by atoms with E-state index in [9.17, 15) is 5.11 Å². The number of aliphatic hydroxyl groups is 1. The Hall–Kier alpha value is -1.07. The minimum absolute atomic E-state index is 0.0220. The first kappa shape index (κ1) is 19.3. The second-order valence-corrected chi connectivity index (χ2v) is 8.15. The Bertz CT molecular complexity index is 534. The van der Waals surface area contributed by atoms with Gasteiger partial charge in [-0.3, -0.25) is 4.99 Å². The van der Waals surface area contributed by atoms with Crippen molar-refractivity contribution >= 4 is 21.9 Å². The number of benzene rings is 1. The molecule has 0 heterocycles. The van der Waals surface area contributed by atoms with Crippen LogP contribution >= 0.6 is 15.9 Å². The molecule has 0 spiro atoms. The number of rotatable bonds is 5. The molecule has 0 saturated heterocycles. The second kappa shape index (κ2) is 8.86. The molecule has 3 N–H and O–H groups in total. The third-order valence-electron chi connectivity index (χ3n) is 4.64. The fourth-order valence-corrected chi connectivity index (χ4v) is 3.27. The first-order chi connectivity index (χ1) is 11.4. The lowest BCUT2D eigenvalue weighted by Crippen LogP contribution is -2.45. The van der Waals surface area contributed by atoms with E-state index in [2.05, 4.69) is 71.6 Å². The van der Waals surface area contributed by atoms with Gasteiger partial charge in [0.1, 0.15) is 0 Å². The maximum Gasteiger partial charge on any atom is 0.191 e. The lowest BCUT2D eigenvalue weighted by molar-refractivity contribution is 0.120. The lowest BCUT2D eigenvalue weighted by atomic mass is 9.85. The maximum absolute atomic E-state index is 9.64. The number of hydrogen-bond donors (Lipinski definition) is 3. The van der Waals surface area contributed by atoms with Crippen molar-refractivity contribution in [2.24, 2.45) is 4.99 Å². The summed E-state index contributed by atoms with van der Waals surface area (Å²) in [7, 11) is 0. The van der Waals surface area contributed by atoms with Gasteiger partial charge >= 0.3 is 0 Å². The highest BCUT2D eigenvalue weighted by atomic mass is 79.9. The summed E-state index contributed by atoms with van der Waals surface area (Å²) < 4.78 is 1.10. The molecule has 0 bridgehead atoms. The molecular weight excluding hydrogens is 366 g/mol. The zero-order valence-electron chi connectivity index (χ0n) is 15.0. The summed E-state index contributed by atoms with van der Waals surface area (Å²) in [4.78, 5) is 4.82. The molecule has 4 nitrogen and oxygen atoms in total. The van der Waals surface area contributed by atoms with Crippen molar-refractivity contribution in [3.8, 4) is 0 Å². The van der Waals surface area contributed by atoms with E-state index in [1.807, 2.05) is 0 Å². The van der Waals surface area contributed by atoms with Crippen molar-refractivity contribution in [2.45, 2.75) is 64.0 Å². The number of guanidine groups is 1. The fraction of sp³-hybridized carbons (Fsp3) is 0.632. The molecule has 1 aliphatic carbocycles. The quantitative estimate of drug-likeness (QED) is 0.527. The van der Waals surface area contributed by atoms with Crippen LogP contribution in [0.15, 0.2) is 33.7 Å². The van der Waals surface area contributed by atoms with E-state index >= 15 is 0 Å². The maximum atomic E-state index is 9.64. The summed E-state index contributed by atoms with van der Waals surface area (Å²) in [5.41, 5.74) is 1.26. The monoisotopic (exact) mass is 395 g/mol. The van der Waals surface area contributed by atoms with E-state index < -0.39 is 0 Å². The summed E-state index contributed by atoms with van der Waals surface area (Å²) in [5.74, 6) is 0.879. The number of aliphatic imine (C=N–C) groups is 1. The highest BCUT2D eigenvalue weighted by Gasteiger charge is 2.22. The molecule has 0 aromatic heterocycles. The first-order valence-electron chi connectivity index (χ1n) is 8.89. The van der Waals surface area contributed by atoms with Crippen molar-refractivity contribution in [2.75, 3.05) is 13.1 Å². The van der Waals surface area contributed by atoms with Gasteiger partial charge in [0, 0.05) is 22.5 Å². The topological polar surface area (TPSA) is 56.7 Å². The molecule has 0 aliphatic heterocycles.